The van der Waals surface area contributed by atoms with Gasteiger partial charge in [0.25, 0.3) is 0 Å². The normalized spacial score (nSPS) is 27.7. The Hall–Kier alpha value is -0.340. The highest BCUT2D eigenvalue weighted by molar-refractivity contribution is 7.10. The van der Waals surface area contributed by atoms with Gasteiger partial charge in [-0.3, -0.25) is 0 Å². The molecule has 1 aliphatic rings. The lowest BCUT2D eigenvalue weighted by Crippen LogP contribution is -2.43. The van der Waals surface area contributed by atoms with Gasteiger partial charge in [0.2, 0.25) is 0 Å². The summed E-state index contributed by atoms with van der Waals surface area (Å²) in [4.78, 5) is 1.46. The SMILES string of the molecule is CC(C)C1CC(N[C@H](C)c2cccs2)C1. The highest BCUT2D eigenvalue weighted by Crippen LogP contribution is 2.35. The average molecular weight is 223 g/mol. The maximum atomic E-state index is 3.71. The van der Waals surface area contributed by atoms with E-state index < -0.39 is 0 Å². The number of rotatable bonds is 4. The van der Waals surface area contributed by atoms with Crippen LogP contribution in [0.15, 0.2) is 17.5 Å². The zero-order chi connectivity index (χ0) is 10.8. The van der Waals surface area contributed by atoms with Crippen LogP contribution in [-0.4, -0.2) is 6.04 Å². The van der Waals surface area contributed by atoms with Crippen molar-refractivity contribution in [3.8, 4) is 0 Å². The minimum atomic E-state index is 0.531. The number of hydrogen-bond acceptors (Lipinski definition) is 2. The Bertz CT molecular complexity index is 285. The summed E-state index contributed by atoms with van der Waals surface area (Å²) in [5, 5.41) is 5.87. The fraction of sp³-hybridized carbons (Fsp3) is 0.692. The van der Waals surface area contributed by atoms with E-state index in [1.165, 1.54) is 17.7 Å². The molecular formula is C13H21NS. The molecule has 0 radical (unpaired) electrons. The molecule has 1 N–H and O–H groups in total. The van der Waals surface area contributed by atoms with Crippen LogP contribution in [0.25, 0.3) is 0 Å². The first-order valence-corrected chi connectivity index (χ1v) is 6.84. The van der Waals surface area contributed by atoms with Gasteiger partial charge in [-0.2, -0.15) is 0 Å². The second-order valence-electron chi connectivity index (χ2n) is 5.08. The summed E-state index contributed by atoms with van der Waals surface area (Å²) < 4.78 is 0. The van der Waals surface area contributed by atoms with Crippen molar-refractivity contribution in [3.05, 3.63) is 22.4 Å². The summed E-state index contributed by atoms with van der Waals surface area (Å²) in [6.07, 6.45) is 2.74. The topological polar surface area (TPSA) is 12.0 Å². The lowest BCUT2D eigenvalue weighted by atomic mass is 9.73. The summed E-state index contributed by atoms with van der Waals surface area (Å²) in [5.74, 6) is 1.82. The van der Waals surface area contributed by atoms with E-state index >= 15 is 0 Å². The molecule has 0 aromatic carbocycles. The van der Waals surface area contributed by atoms with Gasteiger partial charge in [-0.25, -0.2) is 0 Å². The molecule has 1 nitrogen and oxygen atoms in total. The quantitative estimate of drug-likeness (QED) is 0.818. The van der Waals surface area contributed by atoms with Crippen LogP contribution in [0.1, 0.15) is 44.5 Å². The molecule has 2 rings (SSSR count). The Labute approximate surface area is 96.9 Å². The van der Waals surface area contributed by atoms with Crippen molar-refractivity contribution in [2.45, 2.75) is 45.7 Å². The molecule has 0 unspecified atom stereocenters. The van der Waals surface area contributed by atoms with Gasteiger partial charge < -0.3 is 5.32 Å². The molecule has 0 bridgehead atoms. The Morgan fingerprint density at radius 2 is 2.07 bits per heavy atom. The van der Waals surface area contributed by atoms with Gasteiger partial charge >= 0.3 is 0 Å². The van der Waals surface area contributed by atoms with Gasteiger partial charge in [-0.05, 0) is 43.0 Å². The fourth-order valence-corrected chi connectivity index (χ4v) is 3.06. The highest BCUT2D eigenvalue weighted by Gasteiger charge is 2.31. The molecule has 1 atom stereocenters. The Balaban J connectivity index is 1.76. The van der Waals surface area contributed by atoms with E-state index in [1.807, 2.05) is 11.3 Å². The second kappa shape index (κ2) is 4.67. The van der Waals surface area contributed by atoms with E-state index in [1.54, 1.807) is 0 Å². The van der Waals surface area contributed by atoms with Crippen molar-refractivity contribution in [1.82, 2.24) is 5.32 Å². The first-order valence-electron chi connectivity index (χ1n) is 5.96. The zero-order valence-electron chi connectivity index (χ0n) is 9.86. The maximum Gasteiger partial charge on any atom is 0.0388 e. The van der Waals surface area contributed by atoms with Crippen molar-refractivity contribution in [3.63, 3.8) is 0 Å². The van der Waals surface area contributed by atoms with Crippen LogP contribution in [0, 0.1) is 11.8 Å². The summed E-state index contributed by atoms with van der Waals surface area (Å²) in [6, 6.07) is 5.65. The molecule has 0 spiro atoms. The van der Waals surface area contributed by atoms with Gasteiger partial charge in [-0.1, -0.05) is 19.9 Å². The first-order chi connectivity index (χ1) is 7.16. The third kappa shape index (κ3) is 2.61. The van der Waals surface area contributed by atoms with Crippen molar-refractivity contribution >= 4 is 11.3 Å². The largest absolute Gasteiger partial charge is 0.307 e. The molecule has 0 amide bonds. The smallest absolute Gasteiger partial charge is 0.0388 e. The van der Waals surface area contributed by atoms with Crippen molar-refractivity contribution in [1.29, 1.82) is 0 Å². The van der Waals surface area contributed by atoms with Crippen LogP contribution >= 0.6 is 11.3 Å². The summed E-state index contributed by atoms with van der Waals surface area (Å²) in [6.45, 7) is 6.95. The summed E-state index contributed by atoms with van der Waals surface area (Å²) in [5.41, 5.74) is 0. The molecule has 1 saturated carbocycles. The standard InChI is InChI=1S/C13H21NS/c1-9(2)11-7-12(8-11)14-10(3)13-5-4-6-15-13/h4-6,9-12,14H,7-8H2,1-3H3/t10-,11?,12?/m1/s1. The van der Waals surface area contributed by atoms with E-state index in [9.17, 15) is 0 Å². The highest BCUT2D eigenvalue weighted by atomic mass is 32.1. The van der Waals surface area contributed by atoms with Crippen LogP contribution in [0.3, 0.4) is 0 Å². The van der Waals surface area contributed by atoms with Crippen molar-refractivity contribution < 1.29 is 0 Å². The van der Waals surface area contributed by atoms with E-state index in [0.717, 1.165) is 17.9 Å². The predicted octanol–water partition coefficient (Wildman–Crippen LogP) is 3.83. The molecule has 1 aliphatic carbocycles. The maximum absolute atomic E-state index is 3.71. The van der Waals surface area contributed by atoms with E-state index in [2.05, 4.69) is 43.6 Å². The predicted molar refractivity (Wildman–Crippen MR) is 67.2 cm³/mol. The van der Waals surface area contributed by atoms with Gasteiger partial charge in [0.1, 0.15) is 0 Å². The van der Waals surface area contributed by atoms with Crippen LogP contribution < -0.4 is 5.32 Å². The van der Waals surface area contributed by atoms with Crippen LogP contribution in [0.2, 0.25) is 0 Å². The van der Waals surface area contributed by atoms with Crippen LogP contribution in [-0.2, 0) is 0 Å². The van der Waals surface area contributed by atoms with Crippen LogP contribution in [0.4, 0.5) is 0 Å². The molecule has 84 valence electrons. The molecule has 1 fully saturated rings. The monoisotopic (exact) mass is 223 g/mol. The summed E-state index contributed by atoms with van der Waals surface area (Å²) in [7, 11) is 0. The minimum Gasteiger partial charge on any atom is -0.307 e. The minimum absolute atomic E-state index is 0.531. The number of hydrogen-bond donors (Lipinski definition) is 1. The van der Waals surface area contributed by atoms with E-state index in [-0.39, 0.29) is 0 Å². The molecule has 15 heavy (non-hydrogen) atoms. The molecule has 1 aromatic heterocycles. The lowest BCUT2D eigenvalue weighted by Gasteiger charge is -2.40. The second-order valence-corrected chi connectivity index (χ2v) is 6.06. The molecular weight excluding hydrogens is 202 g/mol. The van der Waals surface area contributed by atoms with Crippen molar-refractivity contribution in [2.75, 3.05) is 0 Å². The zero-order valence-corrected chi connectivity index (χ0v) is 10.7. The first kappa shape index (κ1) is 11.2. The average Bonchev–Trinajstić information content (AvgIpc) is 2.61. The Morgan fingerprint density at radius 3 is 2.60 bits per heavy atom. The molecule has 1 heterocycles. The van der Waals surface area contributed by atoms with Gasteiger partial charge in [0.05, 0.1) is 0 Å². The van der Waals surface area contributed by atoms with E-state index in [4.69, 9.17) is 0 Å². The lowest BCUT2D eigenvalue weighted by molar-refractivity contribution is 0.160. The number of nitrogens with one attached hydrogen (secondary N) is 1. The Morgan fingerprint density at radius 1 is 1.33 bits per heavy atom. The van der Waals surface area contributed by atoms with Gasteiger partial charge in [-0.15, -0.1) is 11.3 Å². The summed E-state index contributed by atoms with van der Waals surface area (Å²) >= 11 is 1.85. The van der Waals surface area contributed by atoms with Gasteiger partial charge in [0.15, 0.2) is 0 Å². The Kier molecular flexibility index (Phi) is 3.47. The fourth-order valence-electron chi connectivity index (χ4n) is 2.32. The van der Waals surface area contributed by atoms with E-state index in [0.29, 0.717) is 6.04 Å². The molecule has 1 aromatic rings. The molecule has 0 aliphatic heterocycles. The van der Waals surface area contributed by atoms with Crippen LogP contribution in [0.5, 0.6) is 0 Å². The third-order valence-corrected chi connectivity index (χ3v) is 4.63. The van der Waals surface area contributed by atoms with Gasteiger partial charge in [0, 0.05) is 17.0 Å². The third-order valence-electron chi connectivity index (χ3n) is 3.57. The molecule has 0 saturated heterocycles. The molecule has 2 heteroatoms. The van der Waals surface area contributed by atoms with Crippen molar-refractivity contribution in [2.24, 2.45) is 11.8 Å². The number of thiophene rings is 1.